The minimum Gasteiger partial charge on any atom is -0.379 e. The lowest BCUT2D eigenvalue weighted by Crippen LogP contribution is -2.35. The summed E-state index contributed by atoms with van der Waals surface area (Å²) < 4.78 is 58.4. The molecule has 2 heterocycles. The predicted octanol–water partition coefficient (Wildman–Crippen LogP) is 9.95. The first-order chi connectivity index (χ1) is 24.9. The number of ether oxygens (including phenoxy) is 1. The monoisotopic (exact) mass is 760 g/mol. The van der Waals surface area contributed by atoms with E-state index in [1.165, 1.54) is 17.7 Å². The summed E-state index contributed by atoms with van der Waals surface area (Å²) in [5, 5.41) is 10.5. The Morgan fingerprint density at radius 1 is 0.673 bits per heavy atom. The molecule has 4 N–H and O–H groups in total. The van der Waals surface area contributed by atoms with Crippen molar-refractivity contribution in [1.29, 1.82) is 0 Å². The van der Waals surface area contributed by atoms with Gasteiger partial charge in [0.15, 0.2) is 0 Å². The van der Waals surface area contributed by atoms with Crippen molar-refractivity contribution in [1.82, 2.24) is 4.90 Å². The van der Waals surface area contributed by atoms with Gasteiger partial charge in [-0.15, -0.1) is 0 Å². The summed E-state index contributed by atoms with van der Waals surface area (Å²) in [5.74, 6) is -0.467. The van der Waals surface area contributed by atoms with Gasteiger partial charge in [0.2, 0.25) is 0 Å². The SMILES string of the molecule is O=C(Nc1ccc(Cl)cc1)Nc1ccc(CN2CCOCC2)cc1.O=C(Nc1ccc(N2CCCCC2)c(F)c1)Nc1ccc(Cl)c(C(F)(F)F)c1. The molecule has 15 heteroatoms. The van der Waals surface area contributed by atoms with E-state index in [1.807, 2.05) is 29.2 Å². The van der Waals surface area contributed by atoms with Gasteiger partial charge in [-0.2, -0.15) is 13.2 Å². The van der Waals surface area contributed by atoms with Crippen LogP contribution in [0.4, 0.5) is 55.6 Å². The van der Waals surface area contributed by atoms with Gasteiger partial charge < -0.3 is 30.9 Å². The fraction of sp³-hybridized carbons (Fsp3) is 0.297. The molecule has 4 amide bonds. The molecule has 6 rings (SSSR count). The van der Waals surface area contributed by atoms with Gasteiger partial charge in [0, 0.05) is 60.5 Å². The van der Waals surface area contributed by atoms with E-state index in [-0.39, 0.29) is 17.4 Å². The molecule has 0 spiro atoms. The van der Waals surface area contributed by atoms with Gasteiger partial charge in [-0.3, -0.25) is 4.90 Å². The Morgan fingerprint density at radius 2 is 1.19 bits per heavy atom. The van der Waals surface area contributed by atoms with Crippen LogP contribution in [0, 0.1) is 5.82 Å². The first kappa shape index (κ1) is 38.7. The highest BCUT2D eigenvalue weighted by molar-refractivity contribution is 6.31. The molecular weight excluding hydrogens is 723 g/mol. The van der Waals surface area contributed by atoms with Crippen molar-refractivity contribution in [3.8, 4) is 0 Å². The maximum absolute atomic E-state index is 14.4. The summed E-state index contributed by atoms with van der Waals surface area (Å²) in [7, 11) is 0. The lowest BCUT2D eigenvalue weighted by atomic mass is 10.1. The van der Waals surface area contributed by atoms with Crippen LogP contribution in [0.5, 0.6) is 0 Å². The minimum absolute atomic E-state index is 0.0837. The summed E-state index contributed by atoms with van der Waals surface area (Å²) in [6.45, 7) is 5.98. The molecule has 276 valence electrons. The fourth-order valence-corrected chi connectivity index (χ4v) is 5.98. The van der Waals surface area contributed by atoms with Gasteiger partial charge in [-0.25, -0.2) is 14.0 Å². The fourth-order valence-electron chi connectivity index (χ4n) is 5.63. The van der Waals surface area contributed by atoms with Crippen LogP contribution in [0.1, 0.15) is 30.4 Å². The topological polar surface area (TPSA) is 98.0 Å². The number of halogens is 6. The molecule has 52 heavy (non-hydrogen) atoms. The van der Waals surface area contributed by atoms with E-state index in [1.54, 1.807) is 36.4 Å². The average Bonchev–Trinajstić information content (AvgIpc) is 3.12. The molecule has 0 atom stereocenters. The number of rotatable bonds is 7. The molecule has 0 aliphatic carbocycles. The molecule has 9 nitrogen and oxygen atoms in total. The molecular formula is C37H38Cl2F4N6O3. The standard InChI is InChI=1S/C19H18ClF4N3O.C18H20ClN3O2/c20-15-6-4-12(10-14(15)19(22,23)24)25-18(28)26-13-5-7-17(16(21)11-13)27-8-2-1-3-9-27;19-15-3-7-17(8-4-15)21-18(23)20-16-5-1-14(2-6-16)13-22-9-11-24-12-10-22/h4-7,10-11H,1-3,8-9H2,(H2,25,26,28);1-8H,9-13H2,(H2,20,21,23). The number of carbonyl (C=O) groups excluding carboxylic acids is 2. The van der Waals surface area contributed by atoms with Gasteiger partial charge in [0.05, 0.1) is 29.5 Å². The molecule has 0 unspecified atom stereocenters. The summed E-state index contributed by atoms with van der Waals surface area (Å²) in [6, 6.07) is 21.2. The second kappa shape index (κ2) is 18.3. The van der Waals surface area contributed by atoms with Gasteiger partial charge in [0.1, 0.15) is 5.82 Å². The maximum atomic E-state index is 14.4. The second-order valence-electron chi connectivity index (χ2n) is 12.2. The van der Waals surface area contributed by atoms with Crippen LogP contribution in [-0.2, 0) is 17.5 Å². The lowest BCUT2D eigenvalue weighted by Gasteiger charge is -2.29. The highest BCUT2D eigenvalue weighted by Crippen LogP contribution is 2.36. The molecule has 0 aromatic heterocycles. The van der Waals surface area contributed by atoms with Crippen molar-refractivity contribution in [2.45, 2.75) is 32.0 Å². The summed E-state index contributed by atoms with van der Waals surface area (Å²) in [6.07, 6.45) is -1.51. The third-order valence-electron chi connectivity index (χ3n) is 8.26. The number of benzene rings is 4. The zero-order valence-electron chi connectivity index (χ0n) is 28.0. The molecule has 2 aliphatic heterocycles. The molecule has 2 fully saturated rings. The summed E-state index contributed by atoms with van der Waals surface area (Å²) in [5.41, 5.74) is 2.20. The molecule has 0 saturated carbocycles. The van der Waals surface area contributed by atoms with Crippen LogP contribution in [-0.4, -0.2) is 56.4 Å². The first-order valence-corrected chi connectivity index (χ1v) is 17.4. The lowest BCUT2D eigenvalue weighted by molar-refractivity contribution is -0.137. The predicted molar refractivity (Wildman–Crippen MR) is 198 cm³/mol. The van der Waals surface area contributed by atoms with E-state index in [0.29, 0.717) is 16.4 Å². The molecule has 2 aliphatic rings. The van der Waals surface area contributed by atoms with E-state index >= 15 is 0 Å². The number of anilines is 5. The van der Waals surface area contributed by atoms with Crippen LogP contribution in [0.25, 0.3) is 0 Å². The second-order valence-corrected chi connectivity index (χ2v) is 13.0. The number of amides is 4. The Balaban J connectivity index is 0.000000203. The molecule has 4 aromatic rings. The molecule has 0 radical (unpaired) electrons. The zero-order chi connectivity index (χ0) is 37.1. The normalized spacial score (nSPS) is 14.8. The van der Waals surface area contributed by atoms with Crippen LogP contribution in [0.15, 0.2) is 84.9 Å². The van der Waals surface area contributed by atoms with Gasteiger partial charge in [0.25, 0.3) is 0 Å². The zero-order valence-corrected chi connectivity index (χ0v) is 29.6. The van der Waals surface area contributed by atoms with E-state index in [4.69, 9.17) is 27.9 Å². The number of hydrogen-bond acceptors (Lipinski definition) is 5. The summed E-state index contributed by atoms with van der Waals surface area (Å²) >= 11 is 11.4. The molecule has 0 bridgehead atoms. The average molecular weight is 762 g/mol. The Labute approximate surface area is 309 Å². The van der Waals surface area contributed by atoms with Crippen LogP contribution in [0.2, 0.25) is 10.0 Å². The quantitative estimate of drug-likeness (QED) is 0.141. The number of carbonyl (C=O) groups is 2. The largest absolute Gasteiger partial charge is 0.417 e. The maximum Gasteiger partial charge on any atom is 0.417 e. The Hall–Kier alpha value is -4.56. The van der Waals surface area contributed by atoms with Crippen molar-refractivity contribution in [3.05, 3.63) is 112 Å². The Morgan fingerprint density at radius 3 is 1.77 bits per heavy atom. The van der Waals surface area contributed by atoms with Crippen molar-refractivity contribution in [3.63, 3.8) is 0 Å². The van der Waals surface area contributed by atoms with Crippen LogP contribution in [0.3, 0.4) is 0 Å². The number of urea groups is 2. The van der Waals surface area contributed by atoms with Crippen molar-refractivity contribution in [2.75, 3.05) is 65.6 Å². The smallest absolute Gasteiger partial charge is 0.379 e. The summed E-state index contributed by atoms with van der Waals surface area (Å²) in [4.78, 5) is 28.4. The van der Waals surface area contributed by atoms with Crippen molar-refractivity contribution in [2.24, 2.45) is 0 Å². The number of alkyl halides is 3. The number of hydrogen-bond donors (Lipinski definition) is 4. The van der Waals surface area contributed by atoms with Gasteiger partial charge in [-0.05, 0) is 97.6 Å². The Kier molecular flexibility index (Phi) is 13.6. The number of piperidine rings is 1. The molecule has 2 saturated heterocycles. The molecule has 4 aromatic carbocycles. The number of nitrogens with zero attached hydrogens (tertiary/aromatic N) is 2. The van der Waals surface area contributed by atoms with Crippen LogP contribution >= 0.6 is 23.2 Å². The van der Waals surface area contributed by atoms with Crippen LogP contribution < -0.4 is 26.2 Å². The van der Waals surface area contributed by atoms with Gasteiger partial charge in [-0.1, -0.05) is 35.3 Å². The number of morpholine rings is 1. The van der Waals surface area contributed by atoms with E-state index in [2.05, 4.69) is 26.2 Å². The highest BCUT2D eigenvalue weighted by atomic mass is 35.5. The van der Waals surface area contributed by atoms with E-state index < -0.39 is 28.6 Å². The van der Waals surface area contributed by atoms with Crippen molar-refractivity contribution >= 4 is 63.7 Å². The third-order valence-corrected chi connectivity index (χ3v) is 8.84. The van der Waals surface area contributed by atoms with Gasteiger partial charge >= 0.3 is 18.2 Å². The minimum atomic E-state index is -4.64. The first-order valence-electron chi connectivity index (χ1n) is 16.6. The van der Waals surface area contributed by atoms with Crippen molar-refractivity contribution < 1.29 is 31.9 Å². The Bertz CT molecular complexity index is 1800. The highest BCUT2D eigenvalue weighted by Gasteiger charge is 2.33. The van der Waals surface area contributed by atoms with E-state index in [9.17, 15) is 27.2 Å². The van der Waals surface area contributed by atoms with E-state index in [0.717, 1.165) is 83.0 Å². The third kappa shape index (κ3) is 11.7. The number of nitrogens with one attached hydrogen (secondary N) is 4.